The van der Waals surface area contributed by atoms with Crippen molar-refractivity contribution in [2.75, 3.05) is 18.4 Å². The van der Waals surface area contributed by atoms with Crippen LogP contribution in [0.25, 0.3) is 6.08 Å². The number of anilines is 2. The summed E-state index contributed by atoms with van der Waals surface area (Å²) in [4.78, 5) is 26.6. The molecule has 39 heavy (non-hydrogen) atoms. The Morgan fingerprint density at radius 3 is 2.49 bits per heavy atom. The second-order valence-corrected chi connectivity index (χ2v) is 10.1. The molecule has 0 saturated carbocycles. The zero-order valence-corrected chi connectivity index (χ0v) is 22.4. The number of nitrogens with one attached hydrogen (secondary N) is 1. The number of carbonyl (C=O) groups is 1. The van der Waals surface area contributed by atoms with Gasteiger partial charge in [-0.25, -0.2) is 4.98 Å². The van der Waals surface area contributed by atoms with Crippen molar-refractivity contribution < 1.29 is 18.0 Å². The van der Waals surface area contributed by atoms with Gasteiger partial charge in [-0.05, 0) is 81.1 Å². The monoisotopic (exact) mass is 537 g/mol. The zero-order valence-electron chi connectivity index (χ0n) is 22.4. The molecule has 1 aromatic carbocycles. The quantitative estimate of drug-likeness (QED) is 0.334. The number of hydrogen-bond donors (Lipinski definition) is 1. The number of pyridine rings is 2. The summed E-state index contributed by atoms with van der Waals surface area (Å²) in [5.41, 5.74) is 2.46. The van der Waals surface area contributed by atoms with Gasteiger partial charge in [-0.2, -0.15) is 13.2 Å². The van der Waals surface area contributed by atoms with Crippen LogP contribution < -0.4 is 5.32 Å². The summed E-state index contributed by atoms with van der Waals surface area (Å²) in [6.07, 6.45) is 3.78. The van der Waals surface area contributed by atoms with Gasteiger partial charge in [0.05, 0.1) is 17.8 Å². The number of hydrogen-bond acceptors (Lipinski definition) is 5. The molecular weight excluding hydrogens is 503 g/mol. The van der Waals surface area contributed by atoms with Crippen LogP contribution in [0.1, 0.15) is 49.1 Å². The summed E-state index contributed by atoms with van der Waals surface area (Å²) in [7, 11) is 0. The standard InChI is InChI=1S/C30H34F3N5O/c1-21(2)37-17-14-26(15-18-37)38(29(39)12-9-23-7-10-24(11-8-23)30(31,32)33)20-25-5-4-6-28(35-25)36-27-13-16-34-19-22(27)3/h4-13,16,19,21,26H,14-15,17-18,20H2,1-3H3,(H,34,35,36). The van der Waals surface area contributed by atoms with Gasteiger partial charge in [0.15, 0.2) is 0 Å². The normalized spacial score (nSPS) is 15.2. The van der Waals surface area contributed by atoms with E-state index in [4.69, 9.17) is 4.98 Å². The lowest BCUT2D eigenvalue weighted by Crippen LogP contribution is -2.48. The Morgan fingerprint density at radius 2 is 1.85 bits per heavy atom. The molecule has 9 heteroatoms. The summed E-state index contributed by atoms with van der Waals surface area (Å²) < 4.78 is 38.7. The molecule has 3 aromatic rings. The molecule has 0 atom stereocenters. The van der Waals surface area contributed by atoms with Gasteiger partial charge in [0.1, 0.15) is 5.82 Å². The van der Waals surface area contributed by atoms with Gasteiger partial charge in [0.25, 0.3) is 0 Å². The van der Waals surface area contributed by atoms with E-state index >= 15 is 0 Å². The number of carbonyl (C=O) groups excluding carboxylic acids is 1. The van der Waals surface area contributed by atoms with Gasteiger partial charge in [-0.1, -0.05) is 18.2 Å². The molecule has 1 aliphatic rings. The van der Waals surface area contributed by atoms with Gasteiger partial charge in [-0.3, -0.25) is 9.78 Å². The number of nitrogens with zero attached hydrogens (tertiary/aromatic N) is 4. The largest absolute Gasteiger partial charge is 0.416 e. The van der Waals surface area contributed by atoms with Crippen LogP contribution in [0.2, 0.25) is 0 Å². The Hall–Kier alpha value is -3.72. The predicted octanol–water partition coefficient (Wildman–Crippen LogP) is 6.46. The average Bonchev–Trinajstić information content (AvgIpc) is 2.92. The molecule has 1 aliphatic heterocycles. The van der Waals surface area contributed by atoms with Gasteiger partial charge < -0.3 is 15.1 Å². The Balaban J connectivity index is 1.53. The maximum atomic E-state index is 13.5. The van der Waals surface area contributed by atoms with Crippen molar-refractivity contribution in [3.63, 3.8) is 0 Å². The molecule has 1 N–H and O–H groups in total. The lowest BCUT2D eigenvalue weighted by Gasteiger charge is -2.39. The van der Waals surface area contributed by atoms with Crippen LogP contribution in [-0.4, -0.2) is 50.8 Å². The van der Waals surface area contributed by atoms with Crippen LogP contribution >= 0.6 is 0 Å². The third-order valence-electron chi connectivity index (χ3n) is 7.03. The summed E-state index contributed by atoms with van der Waals surface area (Å²) >= 11 is 0. The van der Waals surface area contributed by atoms with Crippen molar-refractivity contribution in [1.82, 2.24) is 19.8 Å². The van der Waals surface area contributed by atoms with Crippen molar-refractivity contribution in [3.05, 3.63) is 89.4 Å². The lowest BCUT2D eigenvalue weighted by atomic mass is 10.0. The number of benzene rings is 1. The molecule has 0 unspecified atom stereocenters. The lowest BCUT2D eigenvalue weighted by molar-refractivity contribution is -0.137. The first-order valence-corrected chi connectivity index (χ1v) is 13.1. The minimum Gasteiger partial charge on any atom is -0.340 e. The average molecular weight is 538 g/mol. The summed E-state index contributed by atoms with van der Waals surface area (Å²) in [5.74, 6) is 0.479. The van der Waals surface area contributed by atoms with E-state index in [1.54, 1.807) is 18.5 Å². The molecule has 4 rings (SSSR count). The molecular formula is C30H34F3N5O. The number of amides is 1. The van der Waals surface area contributed by atoms with Crippen molar-refractivity contribution >= 4 is 23.5 Å². The van der Waals surface area contributed by atoms with Crippen molar-refractivity contribution in [3.8, 4) is 0 Å². The van der Waals surface area contributed by atoms with E-state index < -0.39 is 11.7 Å². The van der Waals surface area contributed by atoms with Gasteiger partial charge in [-0.15, -0.1) is 0 Å². The molecule has 0 spiro atoms. The first-order valence-electron chi connectivity index (χ1n) is 13.1. The van der Waals surface area contributed by atoms with Gasteiger partial charge in [0, 0.05) is 49.3 Å². The van der Waals surface area contributed by atoms with E-state index in [0.717, 1.165) is 55.0 Å². The van der Waals surface area contributed by atoms with E-state index in [-0.39, 0.29) is 11.9 Å². The molecule has 1 amide bonds. The first kappa shape index (κ1) is 28.3. The SMILES string of the molecule is Cc1cnccc1Nc1cccc(CN(C(=O)C=Cc2ccc(C(F)(F)F)cc2)C2CCN(C(C)C)CC2)n1. The van der Waals surface area contributed by atoms with Crippen molar-refractivity contribution in [2.45, 2.75) is 58.4 Å². The fraction of sp³-hybridized carbons (Fsp3) is 0.367. The highest BCUT2D eigenvalue weighted by Gasteiger charge is 2.30. The number of alkyl halides is 3. The molecule has 206 valence electrons. The van der Waals surface area contributed by atoms with Crippen molar-refractivity contribution in [1.29, 1.82) is 0 Å². The molecule has 3 heterocycles. The molecule has 1 saturated heterocycles. The Morgan fingerprint density at radius 1 is 1.13 bits per heavy atom. The topological polar surface area (TPSA) is 61.4 Å². The first-order chi connectivity index (χ1) is 18.6. The number of likely N-dealkylation sites (tertiary alicyclic amines) is 1. The maximum Gasteiger partial charge on any atom is 0.416 e. The van der Waals surface area contributed by atoms with Crippen molar-refractivity contribution in [2.24, 2.45) is 0 Å². The fourth-order valence-corrected chi connectivity index (χ4v) is 4.71. The fourth-order valence-electron chi connectivity index (χ4n) is 4.71. The summed E-state index contributed by atoms with van der Waals surface area (Å²) in [6.45, 7) is 8.42. The number of rotatable bonds is 8. The third kappa shape index (κ3) is 7.66. The molecule has 6 nitrogen and oxygen atoms in total. The zero-order chi connectivity index (χ0) is 28.0. The van der Waals surface area contributed by atoms with Gasteiger partial charge >= 0.3 is 6.18 Å². The maximum absolute atomic E-state index is 13.5. The van der Waals surface area contributed by atoms with E-state index in [0.29, 0.717) is 24.0 Å². The van der Waals surface area contributed by atoms with Crippen LogP contribution in [0, 0.1) is 6.92 Å². The van der Waals surface area contributed by atoms with E-state index in [9.17, 15) is 18.0 Å². The van der Waals surface area contributed by atoms with E-state index in [1.165, 1.54) is 18.2 Å². The molecule has 1 fully saturated rings. The number of aromatic nitrogens is 2. The highest BCUT2D eigenvalue weighted by molar-refractivity contribution is 5.92. The summed E-state index contributed by atoms with van der Waals surface area (Å²) in [5, 5.41) is 3.32. The highest BCUT2D eigenvalue weighted by atomic mass is 19.4. The molecule has 0 bridgehead atoms. The summed E-state index contributed by atoms with van der Waals surface area (Å²) in [6, 6.07) is 12.8. The minimum atomic E-state index is -4.40. The number of aryl methyl sites for hydroxylation is 1. The van der Waals surface area contributed by atoms with Crippen LogP contribution in [0.4, 0.5) is 24.7 Å². The Bertz CT molecular complexity index is 1280. The second kappa shape index (κ2) is 12.4. The third-order valence-corrected chi connectivity index (χ3v) is 7.03. The molecule has 0 aliphatic carbocycles. The molecule has 2 aromatic heterocycles. The van der Waals surface area contributed by atoms with Crippen LogP contribution in [0.15, 0.2) is 67.0 Å². The van der Waals surface area contributed by atoms with E-state index in [2.05, 4.69) is 29.0 Å². The number of piperidine rings is 1. The number of halogens is 3. The highest BCUT2D eigenvalue weighted by Crippen LogP contribution is 2.29. The predicted molar refractivity (Wildman–Crippen MR) is 147 cm³/mol. The van der Waals surface area contributed by atoms with Gasteiger partial charge in [0.2, 0.25) is 5.91 Å². The Labute approximate surface area is 227 Å². The Kier molecular flexibility index (Phi) is 9.01. The van der Waals surface area contributed by atoms with Crippen LogP contribution in [0.3, 0.4) is 0 Å². The smallest absolute Gasteiger partial charge is 0.340 e. The van der Waals surface area contributed by atoms with Crippen LogP contribution in [0.5, 0.6) is 0 Å². The second-order valence-electron chi connectivity index (χ2n) is 10.1. The van der Waals surface area contributed by atoms with Crippen LogP contribution in [-0.2, 0) is 17.5 Å². The van der Waals surface area contributed by atoms with E-state index in [1.807, 2.05) is 36.1 Å². The minimum absolute atomic E-state index is 0.0330. The molecule has 0 radical (unpaired) electrons.